The van der Waals surface area contributed by atoms with Crippen LogP contribution in [0.15, 0.2) is 60.7 Å². The van der Waals surface area contributed by atoms with Crippen LogP contribution in [0.5, 0.6) is 0 Å². The number of ketones is 1. The fourth-order valence-corrected chi connectivity index (χ4v) is 2.68. The van der Waals surface area contributed by atoms with E-state index in [9.17, 15) is 4.79 Å². The van der Waals surface area contributed by atoms with Crippen molar-refractivity contribution in [2.75, 3.05) is 0 Å². The summed E-state index contributed by atoms with van der Waals surface area (Å²) in [7, 11) is 0. The van der Waals surface area contributed by atoms with Gasteiger partial charge in [-0.3, -0.25) is 4.79 Å². The van der Waals surface area contributed by atoms with Gasteiger partial charge in [-0.05, 0) is 43.7 Å². The lowest BCUT2D eigenvalue weighted by molar-refractivity contribution is 0.105. The lowest BCUT2D eigenvalue weighted by atomic mass is 10.1. The van der Waals surface area contributed by atoms with Gasteiger partial charge in [0, 0.05) is 16.3 Å². The van der Waals surface area contributed by atoms with Crippen molar-refractivity contribution in [1.82, 2.24) is 9.78 Å². The van der Waals surface area contributed by atoms with Gasteiger partial charge in [-0.15, -0.1) is 0 Å². The van der Waals surface area contributed by atoms with Crippen molar-refractivity contribution in [3.63, 3.8) is 0 Å². The van der Waals surface area contributed by atoms with Gasteiger partial charge in [0.15, 0.2) is 0 Å². The summed E-state index contributed by atoms with van der Waals surface area (Å²) in [5.41, 5.74) is 3.82. The Hall–Kier alpha value is -2.65. The molecule has 0 radical (unpaired) electrons. The van der Waals surface area contributed by atoms with Gasteiger partial charge in [-0.1, -0.05) is 54.1 Å². The second-order valence-corrected chi connectivity index (χ2v) is 6.05. The molecule has 1 aromatic heterocycles. The second kappa shape index (κ2) is 6.85. The number of Topliss-reactive ketones (excluding diaryl/α,β-unsaturated/α-hetero) is 1. The van der Waals surface area contributed by atoms with E-state index in [0.717, 1.165) is 17.0 Å². The number of carbonyl (C=O) groups excluding carboxylic acids is 1. The molecule has 120 valence electrons. The fraction of sp³-hybridized carbons (Fsp3) is 0.100. The number of benzene rings is 2. The van der Waals surface area contributed by atoms with E-state index in [1.165, 1.54) is 0 Å². The van der Waals surface area contributed by atoms with Crippen molar-refractivity contribution in [1.29, 1.82) is 0 Å². The first-order valence-corrected chi connectivity index (χ1v) is 8.03. The molecule has 0 fully saturated rings. The molecule has 0 aliphatic heterocycles. The maximum absolute atomic E-state index is 13.0. The van der Waals surface area contributed by atoms with Crippen LogP contribution < -0.4 is 0 Å². The van der Waals surface area contributed by atoms with E-state index in [-0.39, 0.29) is 5.78 Å². The van der Waals surface area contributed by atoms with Gasteiger partial charge in [0.2, 0.25) is 5.78 Å². The Kier molecular flexibility index (Phi) is 4.63. The van der Waals surface area contributed by atoms with Crippen LogP contribution in [0.25, 0.3) is 11.8 Å². The molecule has 3 aromatic rings. The lowest BCUT2D eigenvalue weighted by Crippen LogP contribution is -2.12. The third-order valence-corrected chi connectivity index (χ3v) is 3.93. The van der Waals surface area contributed by atoms with Crippen molar-refractivity contribution < 1.29 is 4.79 Å². The summed E-state index contributed by atoms with van der Waals surface area (Å²) in [6.45, 7) is 3.85. The summed E-state index contributed by atoms with van der Waals surface area (Å²) in [4.78, 5) is 13.0. The monoisotopic (exact) mass is 336 g/mol. The zero-order valence-corrected chi connectivity index (χ0v) is 14.3. The van der Waals surface area contributed by atoms with Gasteiger partial charge in [-0.2, -0.15) is 5.10 Å². The quantitative estimate of drug-likeness (QED) is 0.494. The van der Waals surface area contributed by atoms with Crippen LogP contribution in [0.3, 0.4) is 0 Å². The fourth-order valence-electron chi connectivity index (χ4n) is 2.55. The number of allylic oxidation sites excluding steroid dienone is 1. The number of aromatic nitrogens is 2. The average molecular weight is 337 g/mol. The highest BCUT2D eigenvalue weighted by molar-refractivity contribution is 6.30. The molecular formula is C20H17ClN2O. The van der Waals surface area contributed by atoms with Crippen LogP contribution in [0.1, 0.15) is 27.3 Å². The van der Waals surface area contributed by atoms with Crippen molar-refractivity contribution in [2.45, 2.75) is 13.8 Å². The highest BCUT2D eigenvalue weighted by Gasteiger charge is 2.17. The first-order valence-electron chi connectivity index (χ1n) is 7.65. The number of nitrogens with zero attached hydrogens (tertiary/aromatic N) is 2. The first-order chi connectivity index (χ1) is 11.5. The zero-order valence-electron chi connectivity index (χ0n) is 13.5. The van der Waals surface area contributed by atoms with E-state index in [1.807, 2.05) is 68.5 Å². The molecule has 0 atom stereocenters. The number of hydrogen-bond donors (Lipinski definition) is 0. The molecule has 0 amide bonds. The maximum atomic E-state index is 13.0. The Bertz CT molecular complexity index is 893. The van der Waals surface area contributed by atoms with E-state index >= 15 is 0 Å². The highest BCUT2D eigenvalue weighted by atomic mass is 35.5. The van der Waals surface area contributed by atoms with E-state index in [1.54, 1.807) is 16.8 Å². The number of halogens is 1. The minimum Gasteiger partial charge on any atom is -0.287 e. The van der Waals surface area contributed by atoms with Gasteiger partial charge in [0.05, 0.1) is 5.69 Å². The van der Waals surface area contributed by atoms with Crippen LogP contribution in [-0.2, 0) is 0 Å². The molecule has 3 nitrogen and oxygen atoms in total. The molecular weight excluding hydrogens is 320 g/mol. The smallest absolute Gasteiger partial charge is 0.211 e. The third kappa shape index (κ3) is 3.47. The predicted octanol–water partition coefficient (Wildman–Crippen LogP) is 5.03. The number of aryl methyl sites for hydroxylation is 2. The Morgan fingerprint density at radius 2 is 1.71 bits per heavy atom. The minimum atomic E-state index is -0.0725. The Balaban J connectivity index is 2.12. The maximum Gasteiger partial charge on any atom is 0.211 e. The molecule has 0 aliphatic rings. The molecule has 0 bridgehead atoms. The van der Waals surface area contributed by atoms with Crippen LogP contribution in [0, 0.1) is 13.8 Å². The van der Waals surface area contributed by atoms with Gasteiger partial charge >= 0.3 is 0 Å². The predicted molar refractivity (Wildman–Crippen MR) is 98.1 cm³/mol. The topological polar surface area (TPSA) is 34.9 Å². The molecule has 2 aromatic carbocycles. The molecule has 0 saturated carbocycles. The molecule has 4 heteroatoms. The summed E-state index contributed by atoms with van der Waals surface area (Å²) in [6, 6.07) is 18.5. The van der Waals surface area contributed by atoms with Gasteiger partial charge in [0.1, 0.15) is 5.70 Å². The average Bonchev–Trinajstić information content (AvgIpc) is 2.93. The normalized spacial score (nSPS) is 11.5. The van der Waals surface area contributed by atoms with E-state index in [0.29, 0.717) is 16.3 Å². The van der Waals surface area contributed by atoms with Gasteiger partial charge in [0.25, 0.3) is 0 Å². The Morgan fingerprint density at radius 1 is 1.04 bits per heavy atom. The van der Waals surface area contributed by atoms with Crippen molar-refractivity contribution in [3.8, 4) is 0 Å². The minimum absolute atomic E-state index is 0.0725. The van der Waals surface area contributed by atoms with Crippen LogP contribution in [0.2, 0.25) is 5.02 Å². The number of hydrogen-bond acceptors (Lipinski definition) is 2. The molecule has 3 rings (SSSR count). The number of rotatable bonds is 4. The number of carbonyl (C=O) groups is 1. The summed E-state index contributed by atoms with van der Waals surface area (Å²) in [5.74, 6) is -0.0725. The summed E-state index contributed by atoms with van der Waals surface area (Å²) >= 11 is 5.95. The molecule has 0 N–H and O–H groups in total. The molecule has 0 aliphatic carbocycles. The molecule has 0 spiro atoms. The first kappa shape index (κ1) is 16.2. The van der Waals surface area contributed by atoms with Gasteiger partial charge in [-0.25, -0.2) is 4.68 Å². The third-order valence-electron chi connectivity index (χ3n) is 3.68. The SMILES string of the molecule is Cc1cc(C)n(/C(=C\c2ccc(Cl)cc2)C(=O)c2ccccc2)n1. The van der Waals surface area contributed by atoms with Gasteiger partial charge < -0.3 is 0 Å². The highest BCUT2D eigenvalue weighted by Crippen LogP contribution is 2.20. The van der Waals surface area contributed by atoms with Crippen molar-refractivity contribution >= 4 is 29.2 Å². The molecule has 0 saturated heterocycles. The Morgan fingerprint density at radius 3 is 2.29 bits per heavy atom. The van der Waals surface area contributed by atoms with Crippen LogP contribution in [-0.4, -0.2) is 15.6 Å². The Labute approximate surface area is 146 Å². The largest absolute Gasteiger partial charge is 0.287 e. The van der Waals surface area contributed by atoms with Crippen molar-refractivity contribution in [2.24, 2.45) is 0 Å². The van der Waals surface area contributed by atoms with Crippen LogP contribution in [0.4, 0.5) is 0 Å². The standard InChI is InChI=1S/C20H17ClN2O/c1-14-12-15(2)23(22-14)19(13-16-8-10-18(21)11-9-16)20(24)17-6-4-3-5-7-17/h3-13H,1-2H3/b19-13-. The molecule has 0 unspecified atom stereocenters. The second-order valence-electron chi connectivity index (χ2n) is 5.62. The summed E-state index contributed by atoms with van der Waals surface area (Å²) in [5, 5.41) is 5.13. The zero-order chi connectivity index (χ0) is 17.1. The van der Waals surface area contributed by atoms with Crippen molar-refractivity contribution in [3.05, 3.63) is 88.2 Å². The van der Waals surface area contributed by atoms with E-state index in [4.69, 9.17) is 11.6 Å². The summed E-state index contributed by atoms with van der Waals surface area (Å²) in [6.07, 6.45) is 1.84. The van der Waals surface area contributed by atoms with Crippen LogP contribution >= 0.6 is 11.6 Å². The molecule has 1 heterocycles. The lowest BCUT2D eigenvalue weighted by Gasteiger charge is -2.10. The van der Waals surface area contributed by atoms with E-state index < -0.39 is 0 Å². The van der Waals surface area contributed by atoms with E-state index in [2.05, 4.69) is 5.10 Å². The summed E-state index contributed by atoms with van der Waals surface area (Å²) < 4.78 is 1.69. The molecule has 24 heavy (non-hydrogen) atoms.